The van der Waals surface area contributed by atoms with Crippen molar-refractivity contribution >= 4 is 0 Å². The minimum absolute atomic E-state index is 0.349. The lowest BCUT2D eigenvalue weighted by Crippen LogP contribution is -2.47. The Morgan fingerprint density at radius 3 is 2.86 bits per heavy atom. The zero-order chi connectivity index (χ0) is 10.6. The summed E-state index contributed by atoms with van der Waals surface area (Å²) < 4.78 is 13.8. The van der Waals surface area contributed by atoms with Crippen LogP contribution in [0.15, 0.2) is 11.6 Å². The summed E-state index contributed by atoms with van der Waals surface area (Å²) >= 11 is 0. The van der Waals surface area contributed by atoms with Crippen molar-refractivity contribution in [2.45, 2.75) is 32.4 Å². The van der Waals surface area contributed by atoms with Crippen LogP contribution in [0.4, 0.5) is 4.39 Å². The van der Waals surface area contributed by atoms with Gasteiger partial charge in [0.1, 0.15) is 5.67 Å². The molecule has 1 unspecified atom stereocenters. The lowest BCUT2D eigenvalue weighted by molar-refractivity contribution is 0.00269. The summed E-state index contributed by atoms with van der Waals surface area (Å²) in [6, 6.07) is 0. The average Bonchev–Trinajstić information content (AvgIpc) is 2.15. The summed E-state index contributed by atoms with van der Waals surface area (Å²) in [5.74, 6) is 0. The van der Waals surface area contributed by atoms with Crippen LogP contribution >= 0.6 is 0 Å². The van der Waals surface area contributed by atoms with E-state index in [2.05, 4.69) is 11.0 Å². The molecular formula is C11H20FNO. The first-order valence-corrected chi connectivity index (χ1v) is 5.21. The predicted molar refractivity (Wildman–Crippen MR) is 56.0 cm³/mol. The van der Waals surface area contributed by atoms with Gasteiger partial charge in [-0.1, -0.05) is 11.6 Å². The summed E-state index contributed by atoms with van der Waals surface area (Å²) in [7, 11) is 0. The molecule has 0 saturated carbocycles. The lowest BCUT2D eigenvalue weighted by atomic mass is 9.95. The predicted octanol–water partition coefficient (Wildman–Crippen LogP) is 1.75. The Balaban J connectivity index is 2.44. The Labute approximate surface area is 85.4 Å². The minimum Gasteiger partial charge on any atom is -0.393 e. The second-order valence-electron chi connectivity index (χ2n) is 4.43. The van der Waals surface area contributed by atoms with E-state index in [1.807, 2.05) is 13.8 Å². The van der Waals surface area contributed by atoms with E-state index in [4.69, 9.17) is 5.11 Å². The SMILES string of the molecule is CC(C)=CCN1CCCC(F)(CO)C1. The molecule has 1 aliphatic rings. The Morgan fingerprint density at radius 2 is 2.29 bits per heavy atom. The highest BCUT2D eigenvalue weighted by atomic mass is 19.1. The maximum atomic E-state index is 13.8. The molecule has 0 amide bonds. The molecule has 3 heteroatoms. The van der Waals surface area contributed by atoms with Crippen LogP contribution in [0.25, 0.3) is 0 Å². The summed E-state index contributed by atoms with van der Waals surface area (Å²) in [4.78, 5) is 2.06. The van der Waals surface area contributed by atoms with Crippen LogP contribution < -0.4 is 0 Å². The topological polar surface area (TPSA) is 23.5 Å². The number of likely N-dealkylation sites (tertiary alicyclic amines) is 1. The van der Waals surface area contributed by atoms with Gasteiger partial charge in [0.25, 0.3) is 0 Å². The Bertz CT molecular complexity index is 213. The molecule has 1 heterocycles. The van der Waals surface area contributed by atoms with Gasteiger partial charge in [0.2, 0.25) is 0 Å². The quantitative estimate of drug-likeness (QED) is 0.703. The van der Waals surface area contributed by atoms with Crippen molar-refractivity contribution in [2.24, 2.45) is 0 Å². The lowest BCUT2D eigenvalue weighted by Gasteiger charge is -2.35. The second-order valence-corrected chi connectivity index (χ2v) is 4.43. The number of hydrogen-bond acceptors (Lipinski definition) is 2. The highest BCUT2D eigenvalue weighted by Gasteiger charge is 2.34. The Kier molecular flexibility index (Phi) is 4.08. The molecule has 0 aliphatic carbocycles. The molecule has 0 aromatic rings. The molecule has 2 nitrogen and oxygen atoms in total. The number of nitrogens with zero attached hydrogens (tertiary/aromatic N) is 1. The first kappa shape index (κ1) is 11.7. The fourth-order valence-electron chi connectivity index (χ4n) is 1.77. The molecule has 0 aromatic carbocycles. The first-order chi connectivity index (χ1) is 6.56. The van der Waals surface area contributed by atoms with E-state index < -0.39 is 5.67 Å². The molecule has 82 valence electrons. The van der Waals surface area contributed by atoms with Crippen LogP contribution in [0, 0.1) is 0 Å². The normalized spacial score (nSPS) is 28.9. The van der Waals surface area contributed by atoms with Crippen molar-refractivity contribution in [1.82, 2.24) is 4.90 Å². The summed E-state index contributed by atoms with van der Waals surface area (Å²) in [6.45, 7) is 5.84. The third-order valence-corrected chi connectivity index (χ3v) is 2.65. The van der Waals surface area contributed by atoms with Crippen LogP contribution in [-0.2, 0) is 0 Å². The van der Waals surface area contributed by atoms with E-state index in [-0.39, 0.29) is 6.61 Å². The van der Waals surface area contributed by atoms with Gasteiger partial charge in [0.15, 0.2) is 0 Å². The van der Waals surface area contributed by atoms with Crippen molar-refractivity contribution in [1.29, 1.82) is 0 Å². The van der Waals surface area contributed by atoms with Crippen LogP contribution in [0.5, 0.6) is 0 Å². The molecule has 1 rings (SSSR count). The molecule has 1 atom stereocenters. The van der Waals surface area contributed by atoms with Gasteiger partial charge in [-0.15, -0.1) is 0 Å². The Hall–Kier alpha value is -0.410. The number of allylic oxidation sites excluding steroid dienone is 1. The van der Waals surface area contributed by atoms with Gasteiger partial charge < -0.3 is 5.11 Å². The third kappa shape index (κ3) is 3.39. The monoisotopic (exact) mass is 201 g/mol. The number of alkyl halides is 1. The molecule has 0 spiro atoms. The van der Waals surface area contributed by atoms with E-state index >= 15 is 0 Å². The smallest absolute Gasteiger partial charge is 0.146 e. The molecule has 0 aromatic heterocycles. The summed E-state index contributed by atoms with van der Waals surface area (Å²) in [6.07, 6.45) is 3.44. The molecule has 1 saturated heterocycles. The van der Waals surface area contributed by atoms with Crippen molar-refractivity contribution in [2.75, 3.05) is 26.2 Å². The van der Waals surface area contributed by atoms with Crippen molar-refractivity contribution < 1.29 is 9.50 Å². The number of aliphatic hydroxyl groups is 1. The van der Waals surface area contributed by atoms with Crippen molar-refractivity contribution in [3.8, 4) is 0 Å². The van der Waals surface area contributed by atoms with Crippen LogP contribution in [0.3, 0.4) is 0 Å². The summed E-state index contributed by atoms with van der Waals surface area (Å²) in [5, 5.41) is 8.93. The standard InChI is InChI=1S/C11H20FNO/c1-10(2)4-7-13-6-3-5-11(12,8-13)9-14/h4,14H,3,5-9H2,1-2H3. The molecule has 0 radical (unpaired) electrons. The van der Waals surface area contributed by atoms with Gasteiger partial charge in [-0.05, 0) is 33.2 Å². The van der Waals surface area contributed by atoms with Crippen molar-refractivity contribution in [3.63, 3.8) is 0 Å². The summed E-state index contributed by atoms with van der Waals surface area (Å²) in [5.41, 5.74) is -0.114. The van der Waals surface area contributed by atoms with E-state index in [0.717, 1.165) is 19.5 Å². The largest absolute Gasteiger partial charge is 0.393 e. The van der Waals surface area contributed by atoms with E-state index in [1.165, 1.54) is 5.57 Å². The van der Waals surface area contributed by atoms with E-state index in [0.29, 0.717) is 13.0 Å². The molecule has 1 N–H and O–H groups in total. The van der Waals surface area contributed by atoms with Gasteiger partial charge in [-0.2, -0.15) is 0 Å². The van der Waals surface area contributed by atoms with Crippen LogP contribution in [-0.4, -0.2) is 41.9 Å². The molecule has 14 heavy (non-hydrogen) atoms. The molecular weight excluding hydrogens is 181 g/mol. The second kappa shape index (κ2) is 4.89. The Morgan fingerprint density at radius 1 is 1.57 bits per heavy atom. The molecule has 0 bridgehead atoms. The highest BCUT2D eigenvalue weighted by Crippen LogP contribution is 2.24. The van der Waals surface area contributed by atoms with Gasteiger partial charge in [0, 0.05) is 13.1 Å². The van der Waals surface area contributed by atoms with Gasteiger partial charge in [-0.25, -0.2) is 4.39 Å². The number of hydrogen-bond donors (Lipinski definition) is 1. The van der Waals surface area contributed by atoms with Crippen LogP contribution in [0.1, 0.15) is 26.7 Å². The maximum Gasteiger partial charge on any atom is 0.146 e. The zero-order valence-electron chi connectivity index (χ0n) is 9.09. The average molecular weight is 201 g/mol. The highest BCUT2D eigenvalue weighted by molar-refractivity contribution is 4.97. The van der Waals surface area contributed by atoms with Gasteiger partial charge >= 0.3 is 0 Å². The van der Waals surface area contributed by atoms with Crippen LogP contribution in [0.2, 0.25) is 0 Å². The zero-order valence-corrected chi connectivity index (χ0v) is 9.09. The molecule has 1 fully saturated rings. The van der Waals surface area contributed by atoms with Gasteiger partial charge in [0.05, 0.1) is 6.61 Å². The van der Waals surface area contributed by atoms with E-state index in [9.17, 15) is 4.39 Å². The molecule has 1 aliphatic heterocycles. The van der Waals surface area contributed by atoms with Crippen molar-refractivity contribution in [3.05, 3.63) is 11.6 Å². The van der Waals surface area contributed by atoms with Gasteiger partial charge in [-0.3, -0.25) is 4.90 Å². The first-order valence-electron chi connectivity index (χ1n) is 5.21. The third-order valence-electron chi connectivity index (χ3n) is 2.65. The number of aliphatic hydroxyl groups excluding tert-OH is 1. The number of halogens is 1. The maximum absolute atomic E-state index is 13.8. The minimum atomic E-state index is -1.37. The number of rotatable bonds is 3. The number of piperidine rings is 1. The fraction of sp³-hybridized carbons (Fsp3) is 0.818. The van der Waals surface area contributed by atoms with E-state index in [1.54, 1.807) is 0 Å². The fourth-order valence-corrected chi connectivity index (χ4v) is 1.77.